The lowest BCUT2D eigenvalue weighted by molar-refractivity contribution is 0.0119. The van der Waals surface area contributed by atoms with Gasteiger partial charge in [0.05, 0.1) is 12.1 Å². The Morgan fingerprint density at radius 1 is 0.551 bits per heavy atom. The largest absolute Gasteiger partial charge is 0.444 e. The molecule has 4 aromatic rings. The summed E-state index contributed by atoms with van der Waals surface area (Å²) >= 11 is 24.2. The Labute approximate surface area is 310 Å². The van der Waals surface area contributed by atoms with Crippen LogP contribution in [-0.4, -0.2) is 78.8 Å². The van der Waals surface area contributed by atoms with Crippen molar-refractivity contribution < 1.29 is 9.53 Å². The van der Waals surface area contributed by atoms with Gasteiger partial charge in [0.15, 0.2) is 0 Å². The van der Waals surface area contributed by atoms with Gasteiger partial charge in [0.25, 0.3) is 0 Å². The van der Waals surface area contributed by atoms with Crippen molar-refractivity contribution in [1.29, 1.82) is 0 Å². The van der Waals surface area contributed by atoms with Gasteiger partial charge in [0, 0.05) is 72.4 Å². The molecule has 10 heteroatoms. The van der Waals surface area contributed by atoms with Gasteiger partial charge in [-0.3, -0.25) is 9.80 Å². The van der Waals surface area contributed by atoms with Crippen molar-refractivity contribution in [3.8, 4) is 0 Å². The van der Waals surface area contributed by atoms with Gasteiger partial charge in [-0.05, 0) is 91.6 Å². The van der Waals surface area contributed by atoms with E-state index < -0.39 is 5.60 Å². The third kappa shape index (κ3) is 10.8. The maximum atomic E-state index is 12.4. The number of hydrogen-bond acceptors (Lipinski definition) is 5. The van der Waals surface area contributed by atoms with E-state index in [0.29, 0.717) is 23.1 Å². The van der Waals surface area contributed by atoms with Crippen LogP contribution in [0.3, 0.4) is 0 Å². The van der Waals surface area contributed by atoms with Crippen molar-refractivity contribution in [3.63, 3.8) is 0 Å². The number of carbonyl (C=O) groups excluding carboxylic acids is 1. The summed E-state index contributed by atoms with van der Waals surface area (Å²) in [7, 11) is 0. The van der Waals surface area contributed by atoms with Gasteiger partial charge < -0.3 is 15.0 Å². The minimum atomic E-state index is -0.483. The Balaban J connectivity index is 0.000000199. The third-order valence-corrected chi connectivity index (χ3v) is 9.60. The Hall–Kier alpha value is -2.81. The Bertz CT molecular complexity index is 1520. The molecular weight excluding hydrogens is 698 g/mol. The standard InChI is InChI=1S/C22H26Cl2N2O2.C17H18Cl2N2/c1-22(2,3)28-21(27)26-14-12-25(13-15-26)20(16-4-8-18(23)9-5-16)17-6-10-19(24)11-7-17;18-15-5-1-13(2-6-15)17(21-11-9-20-10-12-21)14-3-7-16(19)8-4-14/h4-11,20H,12-15H2,1-3H3;1-8,17,20H,9-12H2. The van der Waals surface area contributed by atoms with Crippen LogP contribution < -0.4 is 5.32 Å². The first-order valence-electron chi connectivity index (χ1n) is 16.7. The van der Waals surface area contributed by atoms with Crippen molar-refractivity contribution in [2.75, 3.05) is 52.4 Å². The first-order valence-corrected chi connectivity index (χ1v) is 18.2. The molecule has 2 aliphatic rings. The van der Waals surface area contributed by atoms with Crippen molar-refractivity contribution in [2.24, 2.45) is 0 Å². The zero-order valence-electron chi connectivity index (χ0n) is 28.2. The zero-order valence-corrected chi connectivity index (χ0v) is 31.2. The highest BCUT2D eigenvalue weighted by molar-refractivity contribution is 6.31. The summed E-state index contributed by atoms with van der Waals surface area (Å²) in [4.78, 5) is 19.0. The quantitative estimate of drug-likeness (QED) is 0.213. The number of rotatable bonds is 6. The van der Waals surface area contributed by atoms with Gasteiger partial charge in [-0.25, -0.2) is 4.79 Å². The fraction of sp³-hybridized carbons (Fsp3) is 0.359. The summed E-state index contributed by atoms with van der Waals surface area (Å²) in [6.07, 6.45) is -0.248. The highest BCUT2D eigenvalue weighted by atomic mass is 35.5. The van der Waals surface area contributed by atoms with E-state index in [2.05, 4.69) is 63.6 Å². The average Bonchev–Trinajstić information content (AvgIpc) is 3.09. The second-order valence-corrected chi connectivity index (χ2v) is 15.0. The average molecular weight is 743 g/mol. The number of nitrogens with one attached hydrogen (secondary N) is 1. The number of benzene rings is 4. The summed E-state index contributed by atoms with van der Waals surface area (Å²) in [6, 6.07) is 32.5. The molecule has 1 N–H and O–H groups in total. The normalized spacial score (nSPS) is 16.0. The first kappa shape index (κ1) is 37.4. The van der Waals surface area contributed by atoms with Crippen LogP contribution in [0.15, 0.2) is 97.1 Å². The Morgan fingerprint density at radius 2 is 0.857 bits per heavy atom. The van der Waals surface area contributed by atoms with Crippen molar-refractivity contribution >= 4 is 52.5 Å². The van der Waals surface area contributed by atoms with Crippen LogP contribution in [0.5, 0.6) is 0 Å². The van der Waals surface area contributed by atoms with Gasteiger partial charge in [-0.1, -0.05) is 94.9 Å². The van der Waals surface area contributed by atoms with Crippen molar-refractivity contribution in [1.82, 2.24) is 20.0 Å². The Morgan fingerprint density at radius 3 is 1.16 bits per heavy atom. The van der Waals surface area contributed by atoms with E-state index >= 15 is 0 Å². The lowest BCUT2D eigenvalue weighted by Gasteiger charge is -2.40. The molecule has 4 aromatic carbocycles. The molecule has 6 rings (SSSR count). The molecule has 1 amide bonds. The molecule has 2 heterocycles. The molecular formula is C39H44Cl4N4O2. The van der Waals surface area contributed by atoms with E-state index in [-0.39, 0.29) is 18.2 Å². The van der Waals surface area contributed by atoms with Crippen molar-refractivity contribution in [3.05, 3.63) is 139 Å². The predicted octanol–water partition coefficient (Wildman–Crippen LogP) is 9.62. The summed E-state index contributed by atoms with van der Waals surface area (Å²) in [5.74, 6) is 0. The predicted molar refractivity (Wildman–Crippen MR) is 203 cm³/mol. The minimum absolute atomic E-state index is 0.0790. The van der Waals surface area contributed by atoms with Crippen molar-refractivity contribution in [2.45, 2.75) is 38.5 Å². The molecule has 0 spiro atoms. The molecule has 0 bridgehead atoms. The lowest BCUT2D eigenvalue weighted by Crippen LogP contribution is -2.51. The summed E-state index contributed by atoms with van der Waals surface area (Å²) in [6.45, 7) is 12.6. The maximum absolute atomic E-state index is 12.4. The first-order chi connectivity index (χ1) is 23.5. The van der Waals surface area contributed by atoms with E-state index in [1.165, 1.54) is 11.1 Å². The van der Waals surface area contributed by atoms with E-state index in [4.69, 9.17) is 51.1 Å². The number of hydrogen-bond donors (Lipinski definition) is 1. The van der Waals surface area contributed by atoms with E-state index in [1.807, 2.05) is 69.3 Å². The topological polar surface area (TPSA) is 48.1 Å². The van der Waals surface area contributed by atoms with Crippen LogP contribution in [0.1, 0.15) is 55.1 Å². The molecule has 260 valence electrons. The molecule has 2 aliphatic heterocycles. The summed E-state index contributed by atoms with van der Waals surface area (Å²) in [5.41, 5.74) is 4.38. The lowest BCUT2D eigenvalue weighted by atomic mass is 9.96. The van der Waals surface area contributed by atoms with Crippen LogP contribution in [0, 0.1) is 0 Å². The SMILES string of the molecule is CC(C)(C)OC(=O)N1CCN(C(c2ccc(Cl)cc2)c2ccc(Cl)cc2)CC1.Clc1ccc(C(c2ccc(Cl)cc2)N2CCNCC2)cc1. The fourth-order valence-electron chi connectivity index (χ4n) is 6.24. The number of ether oxygens (including phenoxy) is 1. The number of halogens is 4. The molecule has 0 atom stereocenters. The maximum Gasteiger partial charge on any atom is 0.410 e. The molecule has 0 radical (unpaired) electrons. The second-order valence-electron chi connectivity index (χ2n) is 13.3. The molecule has 49 heavy (non-hydrogen) atoms. The molecule has 0 aliphatic carbocycles. The van der Waals surface area contributed by atoms with Crippen LogP contribution in [0.4, 0.5) is 4.79 Å². The second kappa shape index (κ2) is 17.4. The van der Waals surface area contributed by atoms with Crippen LogP contribution in [-0.2, 0) is 4.74 Å². The molecule has 2 saturated heterocycles. The summed E-state index contributed by atoms with van der Waals surface area (Å²) in [5, 5.41) is 6.38. The third-order valence-electron chi connectivity index (χ3n) is 8.59. The van der Waals surface area contributed by atoms with Gasteiger partial charge in [0.2, 0.25) is 0 Å². The number of nitrogens with zero attached hydrogens (tertiary/aromatic N) is 3. The van der Waals surface area contributed by atoms with E-state index in [9.17, 15) is 4.79 Å². The Kier molecular flexibility index (Phi) is 13.3. The zero-order chi connectivity index (χ0) is 35.0. The molecule has 2 fully saturated rings. The van der Waals surface area contributed by atoms with E-state index in [1.54, 1.807) is 4.90 Å². The van der Waals surface area contributed by atoms with Crippen LogP contribution in [0.25, 0.3) is 0 Å². The number of piperazine rings is 2. The molecule has 0 aromatic heterocycles. The molecule has 6 nitrogen and oxygen atoms in total. The van der Waals surface area contributed by atoms with E-state index in [0.717, 1.165) is 60.4 Å². The number of amides is 1. The highest BCUT2D eigenvalue weighted by Gasteiger charge is 2.30. The monoisotopic (exact) mass is 740 g/mol. The van der Waals surface area contributed by atoms with Gasteiger partial charge in [0.1, 0.15) is 5.60 Å². The highest BCUT2D eigenvalue weighted by Crippen LogP contribution is 2.32. The van der Waals surface area contributed by atoms with Gasteiger partial charge >= 0.3 is 6.09 Å². The molecule has 0 unspecified atom stereocenters. The smallest absolute Gasteiger partial charge is 0.410 e. The van der Waals surface area contributed by atoms with Gasteiger partial charge in [-0.2, -0.15) is 0 Å². The summed E-state index contributed by atoms with van der Waals surface area (Å²) < 4.78 is 5.51. The van der Waals surface area contributed by atoms with Gasteiger partial charge in [-0.15, -0.1) is 0 Å². The van der Waals surface area contributed by atoms with Crippen LogP contribution >= 0.6 is 46.4 Å². The van der Waals surface area contributed by atoms with Crippen LogP contribution in [0.2, 0.25) is 20.1 Å². The fourth-order valence-corrected chi connectivity index (χ4v) is 6.74. The molecule has 0 saturated carbocycles. The number of carbonyl (C=O) groups is 1. The minimum Gasteiger partial charge on any atom is -0.444 e.